The summed E-state index contributed by atoms with van der Waals surface area (Å²) in [6, 6.07) is 2.74. The third-order valence-corrected chi connectivity index (χ3v) is 10.6. The number of terminal acetylenes is 1. The van der Waals surface area contributed by atoms with Crippen molar-refractivity contribution in [2.75, 3.05) is 0 Å². The van der Waals surface area contributed by atoms with Gasteiger partial charge in [-0.2, -0.15) is 10.4 Å². The largest absolute Gasteiger partial charge is 0.390 e. The fourth-order valence-electron chi connectivity index (χ4n) is 9.21. The molecule has 0 aliphatic heterocycles. The molecule has 0 spiro atoms. The Labute approximate surface area is 193 Å². The Balaban J connectivity index is 1.36. The summed E-state index contributed by atoms with van der Waals surface area (Å²) in [5.41, 5.74) is 0.135. The third kappa shape index (κ3) is 3.42. The van der Waals surface area contributed by atoms with Crippen LogP contribution in [0.4, 0.5) is 0 Å². The molecule has 0 radical (unpaired) electrons. The highest BCUT2D eigenvalue weighted by Crippen LogP contribution is 2.67. The van der Waals surface area contributed by atoms with Crippen LogP contribution >= 0.6 is 0 Å². The molecule has 4 aliphatic carbocycles. The van der Waals surface area contributed by atoms with E-state index in [1.807, 2.05) is 17.8 Å². The number of aromatic nitrogens is 2. The number of nitriles is 1. The van der Waals surface area contributed by atoms with Crippen molar-refractivity contribution in [2.24, 2.45) is 46.3 Å². The fraction of sp³-hybridized carbons (Fsp3) is 0.786. The zero-order valence-corrected chi connectivity index (χ0v) is 20.1. The van der Waals surface area contributed by atoms with Gasteiger partial charge in [0.15, 0.2) is 0 Å². The Morgan fingerprint density at radius 1 is 1.16 bits per heavy atom. The molecular formula is C28H39N3O. The van der Waals surface area contributed by atoms with E-state index in [2.05, 4.69) is 30.9 Å². The van der Waals surface area contributed by atoms with Crippen LogP contribution < -0.4 is 0 Å². The highest BCUT2D eigenvalue weighted by Gasteiger charge is 2.60. The number of rotatable bonds is 3. The molecule has 1 heterocycles. The molecule has 0 aromatic carbocycles. The van der Waals surface area contributed by atoms with Crippen LogP contribution in [0.25, 0.3) is 0 Å². The Hall–Kier alpha value is -1.78. The maximum atomic E-state index is 10.6. The molecule has 0 saturated heterocycles. The van der Waals surface area contributed by atoms with E-state index in [0.717, 1.165) is 54.4 Å². The number of hydrogen-bond donors (Lipinski definition) is 1. The molecule has 9 atom stereocenters. The molecule has 0 unspecified atom stereocenters. The second kappa shape index (κ2) is 7.63. The maximum Gasteiger partial charge on any atom is 0.0774 e. The lowest BCUT2D eigenvalue weighted by molar-refractivity contribution is -0.106. The quantitative estimate of drug-likeness (QED) is 0.648. The van der Waals surface area contributed by atoms with Crippen molar-refractivity contribution in [1.29, 1.82) is 5.26 Å². The number of fused-ring (bicyclic) bond motifs is 5. The molecule has 4 nitrogen and oxygen atoms in total. The molecule has 4 aliphatic rings. The summed E-state index contributed by atoms with van der Waals surface area (Å²) >= 11 is 0. The van der Waals surface area contributed by atoms with Gasteiger partial charge in [0.05, 0.1) is 35.4 Å². The minimum absolute atomic E-state index is 0.237. The number of nitrogens with zero attached hydrogens (tertiary/aromatic N) is 3. The lowest BCUT2D eigenvalue weighted by Crippen LogP contribution is -2.52. The van der Waals surface area contributed by atoms with Gasteiger partial charge in [-0.15, -0.1) is 6.42 Å². The third-order valence-electron chi connectivity index (χ3n) is 10.6. The van der Waals surface area contributed by atoms with Crippen LogP contribution in [0.1, 0.15) is 84.1 Å². The lowest BCUT2D eigenvalue weighted by atomic mass is 9.47. The normalized spacial score (nSPS) is 44.9. The molecule has 4 heteroatoms. The molecule has 1 N–H and O–H groups in total. The molecule has 32 heavy (non-hydrogen) atoms. The average Bonchev–Trinajstić information content (AvgIpc) is 3.36. The summed E-state index contributed by atoms with van der Waals surface area (Å²) in [5, 5.41) is 25.4. The van der Waals surface area contributed by atoms with Crippen LogP contribution in [0, 0.1) is 70.0 Å². The molecular weight excluding hydrogens is 394 g/mol. The summed E-state index contributed by atoms with van der Waals surface area (Å²) in [5.74, 6) is 6.96. The number of aliphatic hydroxyl groups is 1. The average molecular weight is 434 g/mol. The summed E-state index contributed by atoms with van der Waals surface area (Å²) < 4.78 is 1.89. The molecule has 4 fully saturated rings. The van der Waals surface area contributed by atoms with E-state index in [4.69, 9.17) is 6.42 Å². The van der Waals surface area contributed by atoms with E-state index >= 15 is 0 Å². The highest BCUT2D eigenvalue weighted by molar-refractivity contribution is 5.26. The van der Waals surface area contributed by atoms with E-state index in [9.17, 15) is 10.4 Å². The van der Waals surface area contributed by atoms with Crippen LogP contribution in [0.2, 0.25) is 0 Å². The number of hydrogen-bond acceptors (Lipinski definition) is 3. The van der Waals surface area contributed by atoms with Gasteiger partial charge in [-0.25, -0.2) is 0 Å². The second-order valence-corrected chi connectivity index (χ2v) is 12.4. The maximum absolute atomic E-state index is 10.6. The molecule has 0 bridgehead atoms. The molecule has 4 saturated carbocycles. The summed E-state index contributed by atoms with van der Waals surface area (Å²) in [4.78, 5) is 0. The Morgan fingerprint density at radius 3 is 2.66 bits per heavy atom. The minimum Gasteiger partial charge on any atom is -0.390 e. The first-order chi connectivity index (χ1) is 15.2. The molecule has 1 aromatic rings. The van der Waals surface area contributed by atoms with Gasteiger partial charge in [-0.3, -0.25) is 4.68 Å². The fourth-order valence-corrected chi connectivity index (χ4v) is 9.21. The zero-order chi connectivity index (χ0) is 22.7. The van der Waals surface area contributed by atoms with Crippen LogP contribution in [-0.4, -0.2) is 20.5 Å². The molecule has 172 valence electrons. The topological polar surface area (TPSA) is 61.8 Å². The van der Waals surface area contributed by atoms with Gasteiger partial charge >= 0.3 is 0 Å². The van der Waals surface area contributed by atoms with Gasteiger partial charge < -0.3 is 5.11 Å². The summed E-state index contributed by atoms with van der Waals surface area (Å²) in [7, 11) is 0. The first-order valence-electron chi connectivity index (χ1n) is 12.8. The van der Waals surface area contributed by atoms with Crippen molar-refractivity contribution in [3.8, 4) is 18.4 Å². The SMILES string of the molecule is C#Cc1cnn(C[C@@](C)(C#N)[C@H]2CC[C@H]3[C@@H]4CC[C@@H]5C[C@](C)(O)CC[C@@H]5[C@H]4CC[C@@]32C)c1. The van der Waals surface area contributed by atoms with Crippen LogP contribution in [0.15, 0.2) is 12.4 Å². The Morgan fingerprint density at radius 2 is 1.94 bits per heavy atom. The van der Waals surface area contributed by atoms with Gasteiger partial charge in [0.25, 0.3) is 0 Å². The molecule has 0 amide bonds. The Kier molecular flexibility index (Phi) is 5.25. The zero-order valence-electron chi connectivity index (χ0n) is 20.1. The lowest BCUT2D eigenvalue weighted by Gasteiger charge is -2.57. The van der Waals surface area contributed by atoms with Gasteiger partial charge in [-0.1, -0.05) is 12.8 Å². The smallest absolute Gasteiger partial charge is 0.0774 e. The van der Waals surface area contributed by atoms with Crippen molar-refractivity contribution in [3.63, 3.8) is 0 Å². The standard InChI is InChI=1S/C28H39N3O/c1-5-19-15-30-31(16-19)18-26(2,17-29)25-9-8-24-23-7-6-20-14-27(3,32)12-10-21(20)22(23)11-13-28(24,25)4/h1,15-16,20-25,32H,6-14,18H2,2-4H3/t20-,21+,22-,23-,24+,25-,26-,27-,28+/m1/s1. The van der Waals surface area contributed by atoms with Gasteiger partial charge in [0, 0.05) is 6.20 Å². The van der Waals surface area contributed by atoms with Crippen LogP contribution in [-0.2, 0) is 6.54 Å². The van der Waals surface area contributed by atoms with Crippen molar-refractivity contribution < 1.29 is 5.11 Å². The first-order valence-corrected chi connectivity index (χ1v) is 12.8. The van der Waals surface area contributed by atoms with E-state index in [-0.39, 0.29) is 5.41 Å². The second-order valence-electron chi connectivity index (χ2n) is 12.4. The van der Waals surface area contributed by atoms with Crippen molar-refractivity contribution in [1.82, 2.24) is 9.78 Å². The van der Waals surface area contributed by atoms with E-state index in [0.29, 0.717) is 12.5 Å². The minimum atomic E-state index is -0.448. The van der Waals surface area contributed by atoms with E-state index in [1.54, 1.807) is 6.20 Å². The van der Waals surface area contributed by atoms with Crippen LogP contribution in [0.3, 0.4) is 0 Å². The summed E-state index contributed by atoms with van der Waals surface area (Å²) in [6.45, 7) is 7.33. The Bertz CT molecular complexity index is 951. The first kappa shape index (κ1) is 22.0. The van der Waals surface area contributed by atoms with Crippen LogP contribution in [0.5, 0.6) is 0 Å². The van der Waals surface area contributed by atoms with Crippen molar-refractivity contribution in [2.45, 2.75) is 90.7 Å². The van der Waals surface area contributed by atoms with Crippen molar-refractivity contribution in [3.05, 3.63) is 18.0 Å². The predicted octanol–water partition coefficient (Wildman–Crippen LogP) is 5.41. The molecule has 5 rings (SSSR count). The monoisotopic (exact) mass is 433 g/mol. The molecule has 1 aromatic heterocycles. The van der Waals surface area contributed by atoms with Gasteiger partial charge in [-0.05, 0) is 113 Å². The van der Waals surface area contributed by atoms with Gasteiger partial charge in [0.2, 0.25) is 0 Å². The van der Waals surface area contributed by atoms with Gasteiger partial charge in [0.1, 0.15) is 0 Å². The van der Waals surface area contributed by atoms with E-state index in [1.165, 1.54) is 38.5 Å². The highest BCUT2D eigenvalue weighted by atomic mass is 16.3. The predicted molar refractivity (Wildman–Crippen MR) is 125 cm³/mol. The van der Waals surface area contributed by atoms with E-state index < -0.39 is 11.0 Å². The summed E-state index contributed by atoms with van der Waals surface area (Å²) in [6.07, 6.45) is 19.9. The van der Waals surface area contributed by atoms with Crippen molar-refractivity contribution >= 4 is 0 Å².